The lowest BCUT2D eigenvalue weighted by Gasteiger charge is -2.36. The summed E-state index contributed by atoms with van der Waals surface area (Å²) in [6.07, 6.45) is 3.80. The smallest absolute Gasteiger partial charge is 0.237 e. The molecule has 24 heavy (non-hydrogen) atoms. The van der Waals surface area contributed by atoms with Crippen molar-refractivity contribution >= 4 is 11.8 Å². The van der Waals surface area contributed by atoms with E-state index < -0.39 is 0 Å². The molecule has 2 amide bonds. The summed E-state index contributed by atoms with van der Waals surface area (Å²) in [5.41, 5.74) is 1.11. The highest BCUT2D eigenvalue weighted by atomic mass is 16.2. The zero-order chi connectivity index (χ0) is 16.9. The third kappa shape index (κ3) is 3.96. The van der Waals surface area contributed by atoms with Gasteiger partial charge in [-0.1, -0.05) is 30.3 Å². The molecule has 0 radical (unpaired) electrons. The minimum Gasteiger partial charge on any atom is -0.355 e. The van der Waals surface area contributed by atoms with Crippen LogP contribution >= 0.6 is 0 Å². The van der Waals surface area contributed by atoms with Crippen molar-refractivity contribution in [3.8, 4) is 0 Å². The summed E-state index contributed by atoms with van der Waals surface area (Å²) in [5, 5.41) is 2.93. The third-order valence-electron chi connectivity index (χ3n) is 5.19. The first kappa shape index (κ1) is 17.0. The van der Waals surface area contributed by atoms with Crippen molar-refractivity contribution in [2.24, 2.45) is 0 Å². The Morgan fingerprint density at radius 2 is 2.00 bits per heavy atom. The first-order valence-corrected chi connectivity index (χ1v) is 9.00. The molecule has 0 unspecified atom stereocenters. The molecule has 1 N–H and O–H groups in total. The molecular formula is C19H27N3O2. The molecule has 2 aliphatic rings. The van der Waals surface area contributed by atoms with Crippen LogP contribution in [0.5, 0.6) is 0 Å². The molecule has 130 valence electrons. The van der Waals surface area contributed by atoms with E-state index in [1.54, 1.807) is 0 Å². The van der Waals surface area contributed by atoms with Crippen LogP contribution in [0, 0.1) is 0 Å². The monoisotopic (exact) mass is 329 g/mol. The van der Waals surface area contributed by atoms with Gasteiger partial charge in [0.05, 0.1) is 6.54 Å². The highest BCUT2D eigenvalue weighted by Crippen LogP contribution is 2.26. The Labute approximate surface area is 144 Å². The van der Waals surface area contributed by atoms with Crippen LogP contribution < -0.4 is 5.32 Å². The fraction of sp³-hybridized carbons (Fsp3) is 0.579. The molecule has 5 nitrogen and oxygen atoms in total. The number of hydrogen-bond donors (Lipinski definition) is 1. The molecule has 1 aromatic carbocycles. The molecule has 0 aromatic heterocycles. The number of benzene rings is 1. The van der Waals surface area contributed by atoms with Gasteiger partial charge in [-0.3, -0.25) is 14.5 Å². The molecule has 1 aromatic rings. The maximum absolute atomic E-state index is 12.8. The quantitative estimate of drug-likeness (QED) is 0.922. The highest BCUT2D eigenvalue weighted by Gasteiger charge is 2.30. The topological polar surface area (TPSA) is 52.7 Å². The van der Waals surface area contributed by atoms with Gasteiger partial charge >= 0.3 is 0 Å². The molecule has 2 aliphatic heterocycles. The summed E-state index contributed by atoms with van der Waals surface area (Å²) in [7, 11) is 0. The van der Waals surface area contributed by atoms with Crippen molar-refractivity contribution in [3.05, 3.63) is 35.9 Å². The van der Waals surface area contributed by atoms with E-state index in [1.807, 2.05) is 35.2 Å². The van der Waals surface area contributed by atoms with Crippen molar-refractivity contribution in [1.29, 1.82) is 0 Å². The summed E-state index contributed by atoms with van der Waals surface area (Å²) in [4.78, 5) is 29.0. The lowest BCUT2D eigenvalue weighted by Crippen LogP contribution is -2.47. The Bertz CT molecular complexity index is 575. The minimum atomic E-state index is -0.0299. The number of hydrogen-bond acceptors (Lipinski definition) is 3. The van der Waals surface area contributed by atoms with Crippen molar-refractivity contribution < 1.29 is 9.59 Å². The Kier molecular flexibility index (Phi) is 5.51. The summed E-state index contributed by atoms with van der Waals surface area (Å²) < 4.78 is 0. The van der Waals surface area contributed by atoms with Gasteiger partial charge in [0.15, 0.2) is 0 Å². The standard InChI is InChI=1S/C19H27N3O2/c1-15-7-5-6-11-22(15)19(24)14-21-12-10-20-18(23)13-17(21)16-8-3-2-4-9-16/h2-4,8-9,15,17H,5-7,10-14H2,1H3,(H,20,23)/t15-,17+/m0/s1. The molecular weight excluding hydrogens is 302 g/mol. The van der Waals surface area contributed by atoms with Crippen molar-refractivity contribution in [2.45, 2.75) is 44.7 Å². The fourth-order valence-corrected chi connectivity index (χ4v) is 3.80. The van der Waals surface area contributed by atoms with Gasteiger partial charge in [-0.25, -0.2) is 0 Å². The Hall–Kier alpha value is -1.88. The van der Waals surface area contributed by atoms with Crippen LogP contribution in [0.4, 0.5) is 0 Å². The van der Waals surface area contributed by atoms with Gasteiger partial charge in [0, 0.05) is 38.1 Å². The zero-order valence-electron chi connectivity index (χ0n) is 14.4. The highest BCUT2D eigenvalue weighted by molar-refractivity contribution is 5.80. The number of nitrogens with one attached hydrogen (secondary N) is 1. The van der Waals surface area contributed by atoms with E-state index in [2.05, 4.69) is 17.1 Å². The Morgan fingerprint density at radius 3 is 2.75 bits per heavy atom. The normalized spacial score (nSPS) is 25.9. The van der Waals surface area contributed by atoms with E-state index in [0.717, 1.165) is 24.9 Å². The molecule has 2 atom stereocenters. The van der Waals surface area contributed by atoms with E-state index in [1.165, 1.54) is 6.42 Å². The molecule has 3 rings (SSSR count). The van der Waals surface area contributed by atoms with Crippen LogP contribution in [0.25, 0.3) is 0 Å². The molecule has 2 saturated heterocycles. The number of carbonyl (C=O) groups is 2. The van der Waals surface area contributed by atoms with Crippen molar-refractivity contribution in [3.63, 3.8) is 0 Å². The predicted molar refractivity (Wildman–Crippen MR) is 93.4 cm³/mol. The maximum atomic E-state index is 12.8. The van der Waals surface area contributed by atoms with Crippen LogP contribution in [0.15, 0.2) is 30.3 Å². The van der Waals surface area contributed by atoms with Crippen LogP contribution in [-0.4, -0.2) is 53.8 Å². The van der Waals surface area contributed by atoms with E-state index in [-0.39, 0.29) is 17.9 Å². The van der Waals surface area contributed by atoms with Crippen LogP contribution in [-0.2, 0) is 9.59 Å². The first-order valence-electron chi connectivity index (χ1n) is 9.00. The second kappa shape index (κ2) is 7.79. The first-order chi connectivity index (χ1) is 11.6. The second-order valence-electron chi connectivity index (χ2n) is 6.88. The van der Waals surface area contributed by atoms with Gasteiger partial charge in [0.25, 0.3) is 0 Å². The van der Waals surface area contributed by atoms with E-state index in [9.17, 15) is 9.59 Å². The molecule has 5 heteroatoms. The van der Waals surface area contributed by atoms with Crippen molar-refractivity contribution in [1.82, 2.24) is 15.1 Å². The van der Waals surface area contributed by atoms with Crippen LogP contribution in [0.2, 0.25) is 0 Å². The zero-order valence-corrected chi connectivity index (χ0v) is 14.4. The predicted octanol–water partition coefficient (Wildman–Crippen LogP) is 1.95. The SMILES string of the molecule is C[C@H]1CCCCN1C(=O)CN1CCNC(=O)C[C@@H]1c1ccccc1. The Morgan fingerprint density at radius 1 is 1.21 bits per heavy atom. The average molecular weight is 329 g/mol. The number of nitrogens with zero attached hydrogens (tertiary/aromatic N) is 2. The van der Waals surface area contributed by atoms with E-state index in [4.69, 9.17) is 0 Å². The largest absolute Gasteiger partial charge is 0.355 e. The third-order valence-corrected chi connectivity index (χ3v) is 5.19. The molecule has 0 saturated carbocycles. The number of rotatable bonds is 3. The lowest BCUT2D eigenvalue weighted by molar-refractivity contribution is -0.136. The molecule has 2 fully saturated rings. The van der Waals surface area contributed by atoms with Gasteiger partial charge in [-0.15, -0.1) is 0 Å². The second-order valence-corrected chi connectivity index (χ2v) is 6.88. The molecule has 0 aliphatic carbocycles. The maximum Gasteiger partial charge on any atom is 0.237 e. The summed E-state index contributed by atoms with van der Waals surface area (Å²) in [6, 6.07) is 10.3. The molecule has 0 spiro atoms. The van der Waals surface area contributed by atoms with Gasteiger partial charge < -0.3 is 10.2 Å². The van der Waals surface area contributed by atoms with Gasteiger partial charge in [0.1, 0.15) is 0 Å². The summed E-state index contributed by atoms with van der Waals surface area (Å²) in [5.74, 6) is 0.252. The van der Waals surface area contributed by atoms with E-state index in [0.29, 0.717) is 32.1 Å². The number of carbonyl (C=O) groups excluding carboxylic acids is 2. The van der Waals surface area contributed by atoms with Crippen molar-refractivity contribution in [2.75, 3.05) is 26.2 Å². The van der Waals surface area contributed by atoms with Gasteiger partial charge in [0.2, 0.25) is 11.8 Å². The van der Waals surface area contributed by atoms with Crippen LogP contribution in [0.3, 0.4) is 0 Å². The summed E-state index contributed by atoms with van der Waals surface area (Å²) >= 11 is 0. The lowest BCUT2D eigenvalue weighted by atomic mass is 10.0. The van der Waals surface area contributed by atoms with E-state index >= 15 is 0 Å². The Balaban J connectivity index is 1.75. The number of likely N-dealkylation sites (tertiary alicyclic amines) is 1. The van der Waals surface area contributed by atoms with Gasteiger partial charge in [-0.2, -0.15) is 0 Å². The molecule has 0 bridgehead atoms. The minimum absolute atomic E-state index is 0.0299. The number of amides is 2. The fourth-order valence-electron chi connectivity index (χ4n) is 3.80. The van der Waals surface area contributed by atoms with Gasteiger partial charge in [-0.05, 0) is 31.7 Å². The molecule has 2 heterocycles. The summed E-state index contributed by atoms with van der Waals surface area (Å²) in [6.45, 7) is 4.70. The number of piperidine rings is 1. The van der Waals surface area contributed by atoms with Crippen LogP contribution in [0.1, 0.15) is 44.2 Å². The average Bonchev–Trinajstić information content (AvgIpc) is 2.77.